The molecule has 6 heteroatoms. The first-order chi connectivity index (χ1) is 13.1. The maximum atomic E-state index is 12.3. The monoisotopic (exact) mass is 364 g/mol. The molecule has 27 heavy (non-hydrogen) atoms. The highest BCUT2D eigenvalue weighted by atomic mass is 16.4. The van der Waals surface area contributed by atoms with Crippen LogP contribution < -0.4 is 11.1 Å². The number of aromatic nitrogens is 2. The maximum Gasteiger partial charge on any atom is 0.313 e. The Morgan fingerprint density at radius 2 is 1.74 bits per heavy atom. The first kappa shape index (κ1) is 18.6. The quantitative estimate of drug-likeness (QED) is 0.723. The van der Waals surface area contributed by atoms with E-state index in [0.29, 0.717) is 17.5 Å². The van der Waals surface area contributed by atoms with Crippen LogP contribution in [0.15, 0.2) is 46.9 Å². The number of aryl methyl sites for hydroxylation is 1. The summed E-state index contributed by atoms with van der Waals surface area (Å²) < 4.78 is 5.23. The van der Waals surface area contributed by atoms with E-state index in [2.05, 4.69) is 15.5 Å². The molecule has 1 aliphatic rings. The second-order valence-corrected chi connectivity index (χ2v) is 6.30. The lowest BCUT2D eigenvalue weighted by atomic mass is 9.97. The Labute approximate surface area is 158 Å². The number of nitrogens with two attached hydrogens (primary N) is 1. The van der Waals surface area contributed by atoms with Gasteiger partial charge in [-0.3, -0.25) is 4.79 Å². The largest absolute Gasteiger partial charge is 0.404 e. The second-order valence-electron chi connectivity index (χ2n) is 6.30. The van der Waals surface area contributed by atoms with E-state index in [1.807, 2.05) is 63.2 Å². The van der Waals surface area contributed by atoms with Gasteiger partial charge in [-0.15, -0.1) is 5.10 Å². The number of hydrogen-bond acceptors (Lipinski definition) is 5. The van der Waals surface area contributed by atoms with E-state index < -0.39 is 0 Å². The van der Waals surface area contributed by atoms with Gasteiger partial charge in [-0.05, 0) is 60.7 Å². The summed E-state index contributed by atoms with van der Waals surface area (Å²) in [5.41, 5.74) is 10.1. The van der Waals surface area contributed by atoms with Crippen LogP contribution in [-0.4, -0.2) is 22.1 Å². The Balaban J connectivity index is 0.00000102. The van der Waals surface area contributed by atoms with Gasteiger partial charge in [0.25, 0.3) is 5.91 Å². The number of hydrogen-bond donors (Lipinski definition) is 2. The molecule has 1 saturated carbocycles. The number of anilines is 1. The molecular weight excluding hydrogens is 340 g/mol. The van der Waals surface area contributed by atoms with Gasteiger partial charge in [-0.1, -0.05) is 37.1 Å². The van der Waals surface area contributed by atoms with E-state index in [1.165, 1.54) is 0 Å². The zero-order chi connectivity index (χ0) is 19.4. The molecule has 0 atom stereocenters. The van der Waals surface area contributed by atoms with E-state index in [9.17, 15) is 4.79 Å². The average Bonchev–Trinajstić information content (AvgIpc) is 3.41. The van der Waals surface area contributed by atoms with Crippen molar-refractivity contribution in [2.45, 2.75) is 39.7 Å². The zero-order valence-electron chi connectivity index (χ0n) is 15.8. The normalized spacial score (nSPS) is 12.9. The van der Waals surface area contributed by atoms with Crippen molar-refractivity contribution in [1.82, 2.24) is 15.5 Å². The van der Waals surface area contributed by atoms with Crippen molar-refractivity contribution >= 4 is 11.9 Å². The summed E-state index contributed by atoms with van der Waals surface area (Å²) in [5, 5.41) is 10.6. The first-order valence-corrected chi connectivity index (χ1v) is 9.21. The Hall–Kier alpha value is -3.15. The highest BCUT2D eigenvalue weighted by molar-refractivity contribution is 5.96. The predicted octanol–water partition coefficient (Wildman–Crippen LogP) is 4.21. The number of benzene rings is 2. The number of carbonyl (C=O) groups excluding carboxylic acids is 1. The van der Waals surface area contributed by atoms with Crippen molar-refractivity contribution in [2.75, 3.05) is 5.73 Å². The summed E-state index contributed by atoms with van der Waals surface area (Å²) in [6, 6.07) is 13.9. The minimum atomic E-state index is -0.0123. The fraction of sp³-hybridized carbons (Fsp3) is 0.286. The topological polar surface area (TPSA) is 94.0 Å². The van der Waals surface area contributed by atoms with Gasteiger partial charge in [-0.25, -0.2) is 0 Å². The van der Waals surface area contributed by atoms with Gasteiger partial charge in [0.2, 0.25) is 5.89 Å². The highest BCUT2D eigenvalue weighted by Crippen LogP contribution is 2.28. The number of amides is 1. The van der Waals surface area contributed by atoms with Crippen LogP contribution in [0.5, 0.6) is 0 Å². The van der Waals surface area contributed by atoms with Gasteiger partial charge in [0.1, 0.15) is 0 Å². The Morgan fingerprint density at radius 3 is 2.33 bits per heavy atom. The molecule has 1 amide bonds. The minimum absolute atomic E-state index is 0.0123. The summed E-state index contributed by atoms with van der Waals surface area (Å²) in [6.07, 6.45) is 2.15. The number of nitrogens with one attached hydrogen (secondary N) is 1. The number of nitrogens with zero attached hydrogens (tertiary/aromatic N) is 2. The zero-order valence-corrected chi connectivity index (χ0v) is 15.8. The molecule has 1 aliphatic carbocycles. The van der Waals surface area contributed by atoms with Crippen molar-refractivity contribution < 1.29 is 9.21 Å². The van der Waals surface area contributed by atoms with Crippen molar-refractivity contribution in [1.29, 1.82) is 0 Å². The van der Waals surface area contributed by atoms with E-state index in [4.69, 9.17) is 10.2 Å². The van der Waals surface area contributed by atoms with Gasteiger partial charge < -0.3 is 15.5 Å². The van der Waals surface area contributed by atoms with Gasteiger partial charge in [-0.2, -0.15) is 0 Å². The second kappa shape index (κ2) is 8.03. The number of carbonyl (C=O) groups is 1. The lowest BCUT2D eigenvalue weighted by molar-refractivity contribution is 0.0951. The van der Waals surface area contributed by atoms with E-state index in [1.54, 1.807) is 0 Å². The van der Waals surface area contributed by atoms with Crippen molar-refractivity contribution in [3.8, 4) is 22.6 Å². The van der Waals surface area contributed by atoms with E-state index in [0.717, 1.165) is 35.1 Å². The lowest BCUT2D eigenvalue weighted by Gasteiger charge is -2.10. The van der Waals surface area contributed by atoms with Gasteiger partial charge in [0.05, 0.1) is 0 Å². The Morgan fingerprint density at radius 1 is 1.07 bits per heavy atom. The molecule has 1 fully saturated rings. The van der Waals surface area contributed by atoms with Crippen molar-refractivity contribution in [2.24, 2.45) is 0 Å². The molecule has 1 heterocycles. The van der Waals surface area contributed by atoms with Crippen LogP contribution in [0.1, 0.15) is 42.6 Å². The van der Waals surface area contributed by atoms with E-state index >= 15 is 0 Å². The SMILES string of the molecule is CC.Cc1ccc(C(=O)NC2CC2)cc1-c1ccc(-c2nnc(N)o2)cc1. The van der Waals surface area contributed by atoms with Crippen LogP contribution >= 0.6 is 0 Å². The molecule has 3 aromatic rings. The van der Waals surface area contributed by atoms with Crippen LogP contribution in [-0.2, 0) is 0 Å². The first-order valence-electron chi connectivity index (χ1n) is 9.21. The molecule has 0 saturated heterocycles. The Kier molecular flexibility index (Phi) is 5.54. The van der Waals surface area contributed by atoms with Crippen LogP contribution in [0.4, 0.5) is 6.01 Å². The lowest BCUT2D eigenvalue weighted by Crippen LogP contribution is -2.25. The predicted molar refractivity (Wildman–Crippen MR) is 106 cm³/mol. The van der Waals surface area contributed by atoms with Crippen LogP contribution in [0.25, 0.3) is 22.6 Å². The molecule has 0 aliphatic heterocycles. The molecule has 2 aromatic carbocycles. The fourth-order valence-corrected chi connectivity index (χ4v) is 2.71. The molecule has 0 spiro atoms. The molecule has 6 nitrogen and oxygen atoms in total. The molecule has 3 N–H and O–H groups in total. The minimum Gasteiger partial charge on any atom is -0.404 e. The fourth-order valence-electron chi connectivity index (χ4n) is 2.71. The van der Waals surface area contributed by atoms with Gasteiger partial charge in [0.15, 0.2) is 0 Å². The summed E-state index contributed by atoms with van der Waals surface area (Å²) in [6.45, 7) is 6.03. The smallest absolute Gasteiger partial charge is 0.313 e. The summed E-state index contributed by atoms with van der Waals surface area (Å²) in [4.78, 5) is 12.3. The number of rotatable bonds is 4. The molecule has 0 unspecified atom stereocenters. The number of nitrogen functional groups attached to an aromatic ring is 1. The molecule has 140 valence electrons. The summed E-state index contributed by atoms with van der Waals surface area (Å²) in [7, 11) is 0. The van der Waals surface area contributed by atoms with Crippen LogP contribution in [0, 0.1) is 6.92 Å². The third-order valence-electron chi connectivity index (χ3n) is 4.30. The molecule has 0 bridgehead atoms. The summed E-state index contributed by atoms with van der Waals surface area (Å²) in [5.74, 6) is 0.375. The van der Waals surface area contributed by atoms with Gasteiger partial charge >= 0.3 is 6.01 Å². The third-order valence-corrected chi connectivity index (χ3v) is 4.30. The van der Waals surface area contributed by atoms with Gasteiger partial charge in [0, 0.05) is 17.2 Å². The van der Waals surface area contributed by atoms with Crippen LogP contribution in [0.3, 0.4) is 0 Å². The molecular formula is C21H24N4O2. The third kappa shape index (κ3) is 4.34. The standard InChI is InChI=1S/C19H18N4O2.C2H6/c1-11-2-3-14(17(24)21-15-8-9-15)10-16(11)12-4-6-13(7-5-12)18-22-23-19(20)25-18;1-2/h2-7,10,15H,8-9H2,1H3,(H2,20,23)(H,21,24);1-2H3. The molecule has 0 radical (unpaired) electrons. The highest BCUT2D eigenvalue weighted by Gasteiger charge is 2.24. The average molecular weight is 364 g/mol. The molecule has 4 rings (SSSR count). The van der Waals surface area contributed by atoms with Crippen LogP contribution in [0.2, 0.25) is 0 Å². The van der Waals surface area contributed by atoms with E-state index in [-0.39, 0.29) is 11.9 Å². The molecule has 1 aromatic heterocycles. The van der Waals surface area contributed by atoms with Crippen molar-refractivity contribution in [3.63, 3.8) is 0 Å². The summed E-state index contributed by atoms with van der Waals surface area (Å²) >= 11 is 0. The maximum absolute atomic E-state index is 12.3. The Bertz CT molecular complexity index is 928. The van der Waals surface area contributed by atoms with Crippen molar-refractivity contribution in [3.05, 3.63) is 53.6 Å².